The first-order chi connectivity index (χ1) is 11.0. The molecule has 1 amide bonds. The van der Waals surface area contributed by atoms with Crippen LogP contribution in [0, 0.1) is 5.92 Å². The predicted octanol–water partition coefficient (Wildman–Crippen LogP) is 1.80. The standard InChI is InChI=1S/C18H24N2O3/c1-20-11-14-5-3-2-4-13(14)10-16(20)17(21)19-15-8-6-12(7-9-15)18(22)23/h2-5,12,15-16H,6-11H2,1H3,(H,19,21)(H,22,23)/t12?,15?,16-/m1/s1. The van der Waals surface area contributed by atoms with E-state index in [1.165, 1.54) is 11.1 Å². The highest BCUT2D eigenvalue weighted by Crippen LogP contribution is 2.26. The number of benzene rings is 1. The molecule has 2 aliphatic rings. The van der Waals surface area contributed by atoms with E-state index in [2.05, 4.69) is 22.3 Å². The normalized spacial score (nSPS) is 28.0. The molecular weight excluding hydrogens is 292 g/mol. The van der Waals surface area contributed by atoms with Crippen molar-refractivity contribution in [1.29, 1.82) is 0 Å². The van der Waals surface area contributed by atoms with Crippen LogP contribution in [0.3, 0.4) is 0 Å². The van der Waals surface area contributed by atoms with Crippen LogP contribution in [-0.2, 0) is 22.6 Å². The number of hydrogen-bond donors (Lipinski definition) is 2. The molecule has 2 N–H and O–H groups in total. The van der Waals surface area contributed by atoms with E-state index in [0.29, 0.717) is 12.8 Å². The lowest BCUT2D eigenvalue weighted by Crippen LogP contribution is -2.51. The largest absolute Gasteiger partial charge is 0.481 e. The van der Waals surface area contributed by atoms with Crippen LogP contribution in [0.4, 0.5) is 0 Å². The van der Waals surface area contributed by atoms with Gasteiger partial charge in [-0.25, -0.2) is 0 Å². The third-order valence-electron chi connectivity index (χ3n) is 5.21. The zero-order valence-corrected chi connectivity index (χ0v) is 13.5. The van der Waals surface area contributed by atoms with Crippen LogP contribution in [0.5, 0.6) is 0 Å². The zero-order valence-electron chi connectivity index (χ0n) is 13.5. The highest BCUT2D eigenvalue weighted by molar-refractivity contribution is 5.82. The molecule has 1 fully saturated rings. The Hall–Kier alpha value is -1.88. The smallest absolute Gasteiger partial charge is 0.306 e. The van der Waals surface area contributed by atoms with Gasteiger partial charge in [0.2, 0.25) is 5.91 Å². The van der Waals surface area contributed by atoms with Crippen molar-refractivity contribution in [3.63, 3.8) is 0 Å². The fourth-order valence-electron chi connectivity index (χ4n) is 3.73. The third-order valence-corrected chi connectivity index (χ3v) is 5.21. The second-order valence-corrected chi connectivity index (χ2v) is 6.80. The summed E-state index contributed by atoms with van der Waals surface area (Å²) in [5.41, 5.74) is 2.54. The Morgan fingerprint density at radius 2 is 1.78 bits per heavy atom. The van der Waals surface area contributed by atoms with Gasteiger partial charge in [-0.2, -0.15) is 0 Å². The van der Waals surface area contributed by atoms with Gasteiger partial charge >= 0.3 is 5.97 Å². The lowest BCUT2D eigenvalue weighted by Gasteiger charge is -2.35. The molecule has 5 heteroatoms. The van der Waals surface area contributed by atoms with Gasteiger partial charge in [0, 0.05) is 12.6 Å². The van der Waals surface area contributed by atoms with Crippen molar-refractivity contribution in [3.05, 3.63) is 35.4 Å². The fourth-order valence-corrected chi connectivity index (χ4v) is 3.73. The van der Waals surface area contributed by atoms with Gasteiger partial charge in [-0.15, -0.1) is 0 Å². The maximum absolute atomic E-state index is 12.6. The maximum Gasteiger partial charge on any atom is 0.306 e. The summed E-state index contributed by atoms with van der Waals surface area (Å²) in [5, 5.41) is 12.2. The number of aliphatic carboxylic acids is 1. The van der Waals surface area contributed by atoms with Gasteiger partial charge in [0.1, 0.15) is 0 Å². The molecule has 1 aliphatic carbocycles. The van der Waals surface area contributed by atoms with E-state index < -0.39 is 5.97 Å². The van der Waals surface area contributed by atoms with Gasteiger partial charge in [-0.3, -0.25) is 14.5 Å². The molecular formula is C18H24N2O3. The van der Waals surface area contributed by atoms with Crippen molar-refractivity contribution >= 4 is 11.9 Å². The first-order valence-electron chi connectivity index (χ1n) is 8.35. The van der Waals surface area contributed by atoms with Crippen molar-refractivity contribution in [1.82, 2.24) is 10.2 Å². The van der Waals surface area contributed by atoms with Gasteiger partial charge in [0.15, 0.2) is 0 Å². The monoisotopic (exact) mass is 316 g/mol. The molecule has 1 aromatic carbocycles. The van der Waals surface area contributed by atoms with Crippen molar-refractivity contribution in [3.8, 4) is 0 Å². The van der Waals surface area contributed by atoms with E-state index in [0.717, 1.165) is 25.8 Å². The van der Waals surface area contributed by atoms with E-state index in [4.69, 9.17) is 5.11 Å². The summed E-state index contributed by atoms with van der Waals surface area (Å²) in [6, 6.07) is 8.25. The topological polar surface area (TPSA) is 69.6 Å². The molecule has 1 heterocycles. The number of carboxylic acid groups (broad SMARTS) is 1. The molecule has 0 bridgehead atoms. The Morgan fingerprint density at radius 3 is 2.43 bits per heavy atom. The Bertz CT molecular complexity index is 594. The molecule has 1 atom stereocenters. The van der Waals surface area contributed by atoms with Crippen LogP contribution in [0.2, 0.25) is 0 Å². The number of carboxylic acids is 1. The number of nitrogens with one attached hydrogen (secondary N) is 1. The number of rotatable bonds is 3. The molecule has 5 nitrogen and oxygen atoms in total. The van der Waals surface area contributed by atoms with E-state index in [1.54, 1.807) is 0 Å². The van der Waals surface area contributed by atoms with Crippen LogP contribution in [-0.4, -0.2) is 41.0 Å². The second-order valence-electron chi connectivity index (χ2n) is 6.80. The second kappa shape index (κ2) is 6.71. The van der Waals surface area contributed by atoms with Crippen molar-refractivity contribution in [2.24, 2.45) is 5.92 Å². The molecule has 0 radical (unpaired) electrons. The molecule has 0 aromatic heterocycles. The summed E-state index contributed by atoms with van der Waals surface area (Å²) in [6.45, 7) is 0.792. The van der Waals surface area contributed by atoms with Gasteiger partial charge in [-0.1, -0.05) is 24.3 Å². The molecule has 3 rings (SSSR count). The van der Waals surface area contributed by atoms with Crippen molar-refractivity contribution < 1.29 is 14.7 Å². The summed E-state index contributed by atoms with van der Waals surface area (Å²) in [5.74, 6) is -0.883. The number of carbonyl (C=O) groups excluding carboxylic acids is 1. The molecule has 23 heavy (non-hydrogen) atoms. The van der Waals surface area contributed by atoms with Crippen LogP contribution in [0.1, 0.15) is 36.8 Å². The number of carbonyl (C=O) groups is 2. The lowest BCUT2D eigenvalue weighted by atomic mass is 9.86. The Labute approximate surface area is 136 Å². The number of amides is 1. The predicted molar refractivity (Wildman–Crippen MR) is 86.9 cm³/mol. The highest BCUT2D eigenvalue weighted by Gasteiger charge is 2.32. The molecule has 0 saturated heterocycles. The van der Waals surface area contributed by atoms with Crippen LogP contribution < -0.4 is 5.32 Å². The molecule has 0 spiro atoms. The maximum atomic E-state index is 12.6. The summed E-state index contributed by atoms with van der Waals surface area (Å²) < 4.78 is 0. The zero-order chi connectivity index (χ0) is 16.4. The minimum Gasteiger partial charge on any atom is -0.481 e. The summed E-state index contributed by atoms with van der Waals surface area (Å²) in [7, 11) is 1.99. The number of likely N-dealkylation sites (N-methyl/N-ethyl adjacent to an activating group) is 1. The first kappa shape index (κ1) is 16.0. The minimum atomic E-state index is -0.710. The van der Waals surface area contributed by atoms with Gasteiger partial charge < -0.3 is 10.4 Å². The Kier molecular flexibility index (Phi) is 4.66. The van der Waals surface area contributed by atoms with Crippen LogP contribution in [0.25, 0.3) is 0 Å². The van der Waals surface area contributed by atoms with E-state index >= 15 is 0 Å². The SMILES string of the molecule is CN1Cc2ccccc2C[C@@H]1C(=O)NC1CCC(C(=O)O)CC1. The Morgan fingerprint density at radius 1 is 1.13 bits per heavy atom. The third kappa shape index (κ3) is 3.55. The van der Waals surface area contributed by atoms with E-state index in [-0.39, 0.29) is 23.9 Å². The van der Waals surface area contributed by atoms with Gasteiger partial charge in [-0.05, 0) is 50.3 Å². The van der Waals surface area contributed by atoms with Crippen LogP contribution >= 0.6 is 0 Å². The lowest BCUT2D eigenvalue weighted by molar-refractivity contribution is -0.142. The van der Waals surface area contributed by atoms with Crippen LogP contribution in [0.15, 0.2) is 24.3 Å². The number of nitrogens with zero attached hydrogens (tertiary/aromatic N) is 1. The van der Waals surface area contributed by atoms with E-state index in [9.17, 15) is 9.59 Å². The molecule has 1 aliphatic heterocycles. The summed E-state index contributed by atoms with van der Waals surface area (Å²) >= 11 is 0. The van der Waals surface area contributed by atoms with Gasteiger partial charge in [0.05, 0.1) is 12.0 Å². The van der Waals surface area contributed by atoms with E-state index in [1.807, 2.05) is 19.2 Å². The molecule has 1 saturated carbocycles. The summed E-state index contributed by atoms with van der Waals surface area (Å²) in [4.78, 5) is 25.7. The molecule has 1 aromatic rings. The van der Waals surface area contributed by atoms with Gasteiger partial charge in [0.25, 0.3) is 0 Å². The van der Waals surface area contributed by atoms with Crippen molar-refractivity contribution in [2.45, 2.75) is 50.7 Å². The number of fused-ring (bicyclic) bond motifs is 1. The minimum absolute atomic E-state index is 0.0702. The molecule has 124 valence electrons. The highest BCUT2D eigenvalue weighted by atomic mass is 16.4. The summed E-state index contributed by atoms with van der Waals surface area (Å²) in [6.07, 6.45) is 3.57. The fraction of sp³-hybridized carbons (Fsp3) is 0.556. The Balaban J connectivity index is 1.58. The van der Waals surface area contributed by atoms with Crippen molar-refractivity contribution in [2.75, 3.05) is 7.05 Å². The average Bonchev–Trinajstić information content (AvgIpc) is 2.54. The first-order valence-corrected chi connectivity index (χ1v) is 8.35. The molecule has 0 unspecified atom stereocenters. The number of hydrogen-bond acceptors (Lipinski definition) is 3. The quantitative estimate of drug-likeness (QED) is 0.892. The average molecular weight is 316 g/mol.